The van der Waals surface area contributed by atoms with E-state index in [0.717, 1.165) is 44.5 Å². The Bertz CT molecular complexity index is 3900. The molecule has 0 amide bonds. The standard InChI is InChI=1S/C62H40N4/c1-3-14-43(15-4-1)61-55-40-48(32-36-56(55)63-62(64-61)44-30-34-50(35-31-44)66-57-23-10-7-20-51(57)52-21-8-11-24-58(52)66)46-17-13-16-45(38-46)41-26-28-42(29-27-41)47-33-37-60-54(39-47)53-22-9-12-25-59(53)65(60)49-18-5-2-6-19-49/h1-40H. The molecule has 0 saturated carbocycles. The first-order chi connectivity index (χ1) is 32.7. The van der Waals surface area contributed by atoms with E-state index in [4.69, 9.17) is 9.97 Å². The molecule has 66 heavy (non-hydrogen) atoms. The summed E-state index contributed by atoms with van der Waals surface area (Å²) in [5.74, 6) is 0.701. The van der Waals surface area contributed by atoms with Gasteiger partial charge in [0.15, 0.2) is 5.82 Å². The van der Waals surface area contributed by atoms with Crippen LogP contribution < -0.4 is 0 Å². The molecule has 4 nitrogen and oxygen atoms in total. The largest absolute Gasteiger partial charge is 0.309 e. The van der Waals surface area contributed by atoms with Gasteiger partial charge in [-0.15, -0.1) is 0 Å². The summed E-state index contributed by atoms with van der Waals surface area (Å²) >= 11 is 0. The zero-order valence-electron chi connectivity index (χ0n) is 35.9. The van der Waals surface area contributed by atoms with Gasteiger partial charge in [-0.05, 0) is 118 Å². The third kappa shape index (κ3) is 6.30. The number of rotatable bonds is 7. The molecule has 0 spiro atoms. The highest BCUT2D eigenvalue weighted by atomic mass is 15.0. The van der Waals surface area contributed by atoms with Crippen LogP contribution in [0, 0.1) is 0 Å². The SMILES string of the molecule is c1ccc(-c2nc(-c3ccc(-n4c5ccccc5c5ccccc54)cc3)nc3ccc(-c4cccc(-c5ccc(-c6ccc7c(c6)c6ccccc6n7-c6ccccc6)cc5)c4)cc23)cc1. The summed E-state index contributed by atoms with van der Waals surface area (Å²) in [5.41, 5.74) is 17.9. The molecule has 3 aromatic heterocycles. The second-order valence-corrected chi connectivity index (χ2v) is 17.0. The van der Waals surface area contributed by atoms with Crippen molar-refractivity contribution in [1.82, 2.24) is 19.1 Å². The molecule has 0 bridgehead atoms. The number of benzene rings is 10. The zero-order valence-corrected chi connectivity index (χ0v) is 35.9. The molecular formula is C62H40N4. The number of para-hydroxylation sites is 4. The minimum absolute atomic E-state index is 0.701. The summed E-state index contributed by atoms with van der Waals surface area (Å²) in [6.07, 6.45) is 0. The number of hydrogen-bond donors (Lipinski definition) is 0. The lowest BCUT2D eigenvalue weighted by molar-refractivity contribution is 1.17. The average molecular weight is 841 g/mol. The van der Waals surface area contributed by atoms with E-state index in [-0.39, 0.29) is 0 Å². The van der Waals surface area contributed by atoms with Crippen molar-refractivity contribution in [2.45, 2.75) is 0 Å². The number of hydrogen-bond acceptors (Lipinski definition) is 2. The van der Waals surface area contributed by atoms with Crippen molar-refractivity contribution in [2.24, 2.45) is 0 Å². The van der Waals surface area contributed by atoms with Gasteiger partial charge in [-0.1, -0.05) is 158 Å². The van der Waals surface area contributed by atoms with Crippen LogP contribution in [0.1, 0.15) is 0 Å². The minimum atomic E-state index is 0.701. The van der Waals surface area contributed by atoms with Crippen molar-refractivity contribution in [3.8, 4) is 67.4 Å². The van der Waals surface area contributed by atoms with E-state index in [1.54, 1.807) is 0 Å². The van der Waals surface area contributed by atoms with Gasteiger partial charge >= 0.3 is 0 Å². The molecule has 0 unspecified atom stereocenters. The molecule has 0 saturated heterocycles. The van der Waals surface area contributed by atoms with Crippen LogP contribution in [-0.2, 0) is 0 Å². The van der Waals surface area contributed by atoms with E-state index in [0.29, 0.717) is 5.82 Å². The lowest BCUT2D eigenvalue weighted by Crippen LogP contribution is -1.97. The lowest BCUT2D eigenvalue weighted by atomic mass is 9.95. The van der Waals surface area contributed by atoms with E-state index in [1.165, 1.54) is 71.6 Å². The van der Waals surface area contributed by atoms with E-state index < -0.39 is 0 Å². The molecule has 0 aliphatic rings. The van der Waals surface area contributed by atoms with Gasteiger partial charge in [0.1, 0.15) is 0 Å². The fourth-order valence-corrected chi connectivity index (χ4v) is 9.95. The first-order valence-corrected chi connectivity index (χ1v) is 22.5. The van der Waals surface area contributed by atoms with Crippen LogP contribution in [-0.4, -0.2) is 19.1 Å². The third-order valence-corrected chi connectivity index (χ3v) is 13.1. The fourth-order valence-electron chi connectivity index (χ4n) is 9.95. The Hall–Kier alpha value is -8.86. The van der Waals surface area contributed by atoms with Gasteiger partial charge in [-0.3, -0.25) is 0 Å². The maximum atomic E-state index is 5.29. The number of nitrogens with zero attached hydrogens (tertiary/aromatic N) is 4. The predicted molar refractivity (Wildman–Crippen MR) is 275 cm³/mol. The molecule has 4 heteroatoms. The van der Waals surface area contributed by atoms with E-state index in [1.807, 2.05) is 0 Å². The minimum Gasteiger partial charge on any atom is -0.309 e. The van der Waals surface area contributed by atoms with Crippen LogP contribution >= 0.6 is 0 Å². The first-order valence-electron chi connectivity index (χ1n) is 22.5. The topological polar surface area (TPSA) is 35.6 Å². The molecule has 13 rings (SSSR count). The smallest absolute Gasteiger partial charge is 0.160 e. The third-order valence-electron chi connectivity index (χ3n) is 13.1. The van der Waals surface area contributed by atoms with Crippen molar-refractivity contribution in [3.63, 3.8) is 0 Å². The van der Waals surface area contributed by atoms with E-state index in [9.17, 15) is 0 Å². The monoisotopic (exact) mass is 840 g/mol. The van der Waals surface area contributed by atoms with Crippen LogP contribution in [0.2, 0.25) is 0 Å². The van der Waals surface area contributed by atoms with Gasteiger partial charge in [0.05, 0.1) is 33.3 Å². The van der Waals surface area contributed by atoms with Crippen LogP contribution in [0.4, 0.5) is 0 Å². The Labute approximate surface area is 382 Å². The quantitative estimate of drug-likeness (QED) is 0.160. The summed E-state index contributed by atoms with van der Waals surface area (Å²) in [7, 11) is 0. The van der Waals surface area contributed by atoms with Gasteiger partial charge in [-0.25, -0.2) is 9.97 Å². The molecule has 0 radical (unpaired) electrons. The molecule has 0 atom stereocenters. The van der Waals surface area contributed by atoms with Gasteiger partial charge in [0.25, 0.3) is 0 Å². The highest BCUT2D eigenvalue weighted by Gasteiger charge is 2.17. The predicted octanol–water partition coefficient (Wildman–Crippen LogP) is 16.2. The Balaban J connectivity index is 0.830. The molecule has 13 aromatic rings. The summed E-state index contributed by atoms with van der Waals surface area (Å²) < 4.78 is 4.70. The summed E-state index contributed by atoms with van der Waals surface area (Å²) in [5, 5.41) is 6.02. The Morgan fingerprint density at radius 2 is 0.667 bits per heavy atom. The number of aromatic nitrogens is 4. The Morgan fingerprint density at radius 1 is 0.242 bits per heavy atom. The first kappa shape index (κ1) is 37.7. The van der Waals surface area contributed by atoms with Crippen LogP contribution in [0.3, 0.4) is 0 Å². The molecular weight excluding hydrogens is 801 g/mol. The summed E-state index contributed by atoms with van der Waals surface area (Å²) in [4.78, 5) is 10.5. The number of fused-ring (bicyclic) bond motifs is 7. The normalized spacial score (nSPS) is 11.6. The van der Waals surface area contributed by atoms with Gasteiger partial charge in [0, 0.05) is 49.4 Å². The van der Waals surface area contributed by atoms with Crippen molar-refractivity contribution in [3.05, 3.63) is 243 Å². The maximum absolute atomic E-state index is 5.29. The highest BCUT2D eigenvalue weighted by molar-refractivity contribution is 6.11. The Kier molecular flexibility index (Phi) is 8.81. The average Bonchev–Trinajstić information content (AvgIpc) is 3.91. The van der Waals surface area contributed by atoms with Crippen LogP contribution in [0.25, 0.3) is 122 Å². The Morgan fingerprint density at radius 3 is 1.30 bits per heavy atom. The molecule has 10 aromatic carbocycles. The van der Waals surface area contributed by atoms with Crippen molar-refractivity contribution >= 4 is 54.5 Å². The highest BCUT2D eigenvalue weighted by Crippen LogP contribution is 2.38. The van der Waals surface area contributed by atoms with Crippen molar-refractivity contribution in [1.29, 1.82) is 0 Å². The summed E-state index contributed by atoms with van der Waals surface area (Å²) in [6.45, 7) is 0. The second-order valence-electron chi connectivity index (χ2n) is 17.0. The zero-order chi connectivity index (χ0) is 43.6. The molecule has 0 fully saturated rings. The molecule has 0 aliphatic heterocycles. The van der Waals surface area contributed by atoms with Gasteiger partial charge in [0.2, 0.25) is 0 Å². The maximum Gasteiger partial charge on any atom is 0.160 e. The molecule has 308 valence electrons. The van der Waals surface area contributed by atoms with Gasteiger partial charge in [-0.2, -0.15) is 0 Å². The van der Waals surface area contributed by atoms with Crippen LogP contribution in [0.15, 0.2) is 243 Å². The fraction of sp³-hybridized carbons (Fsp3) is 0. The van der Waals surface area contributed by atoms with Crippen LogP contribution in [0.5, 0.6) is 0 Å². The summed E-state index contributed by atoms with van der Waals surface area (Å²) in [6, 6.07) is 86.9. The second kappa shape index (κ2) is 15.4. The molecule has 0 N–H and O–H groups in total. The van der Waals surface area contributed by atoms with E-state index in [2.05, 4.69) is 252 Å². The van der Waals surface area contributed by atoms with Gasteiger partial charge < -0.3 is 9.13 Å². The molecule has 0 aliphatic carbocycles. The van der Waals surface area contributed by atoms with Crippen molar-refractivity contribution < 1.29 is 0 Å². The van der Waals surface area contributed by atoms with Crippen molar-refractivity contribution in [2.75, 3.05) is 0 Å². The molecule has 3 heterocycles. The lowest BCUT2D eigenvalue weighted by Gasteiger charge is -2.13. The van der Waals surface area contributed by atoms with E-state index >= 15 is 0 Å².